The molecule has 1 aliphatic rings. The molecule has 0 aliphatic carbocycles. The van der Waals surface area contributed by atoms with E-state index in [9.17, 15) is 22.8 Å². The normalized spacial score (nSPS) is 13.4. The van der Waals surface area contributed by atoms with Crippen LogP contribution in [0.2, 0.25) is 0 Å². The molecule has 0 saturated carbocycles. The van der Waals surface area contributed by atoms with E-state index < -0.39 is 22.0 Å². The Kier molecular flexibility index (Phi) is 10.3. The van der Waals surface area contributed by atoms with Gasteiger partial charge in [-0.2, -0.15) is 4.72 Å². The predicted octanol–water partition coefficient (Wildman–Crippen LogP) is 5.58. The highest BCUT2D eigenvalue weighted by atomic mass is 32.2. The molecule has 0 unspecified atom stereocenters. The zero-order chi connectivity index (χ0) is 34.5. The van der Waals surface area contributed by atoms with Gasteiger partial charge in [-0.3, -0.25) is 19.3 Å². The summed E-state index contributed by atoms with van der Waals surface area (Å²) in [4.78, 5) is 44.6. The van der Waals surface area contributed by atoms with Crippen LogP contribution < -0.4 is 14.2 Å². The first-order valence-corrected chi connectivity index (χ1v) is 18.3. The number of hydrogen-bond donors (Lipinski definition) is 1. The second-order valence-corrected chi connectivity index (χ2v) is 15.0. The zero-order valence-corrected chi connectivity index (χ0v) is 28.9. The van der Waals surface area contributed by atoms with E-state index in [0.29, 0.717) is 39.1 Å². The molecule has 11 nitrogen and oxygen atoms in total. The Morgan fingerprint density at radius 2 is 1.59 bits per heavy atom. The van der Waals surface area contributed by atoms with Gasteiger partial charge in [-0.15, -0.1) is 11.3 Å². The number of methoxy groups -OCH3 is 2. The molecule has 5 aromatic rings. The summed E-state index contributed by atoms with van der Waals surface area (Å²) in [5.74, 6) is -0.0466. The number of carbonyl (C=O) groups is 3. The van der Waals surface area contributed by atoms with Crippen LogP contribution in [0.25, 0.3) is 10.2 Å². The number of thiazole rings is 1. The largest absolute Gasteiger partial charge is 0.497 e. The standard InChI is InChI=1S/C35H31N3O8S3/c1-44-23-12-14-25(15-13-23)47-35-36-29-17-16-26(21-31(29)48-35)49(42,43)37-30(34(41)45-2)20-22-8-10-24(11-9-22)46-19-5-18-38-32(39)27-6-3-4-7-28(27)33(38)40/h3-4,6-17,21,30,37H,5,18-20H2,1-2H3/t30-/m1/s1. The van der Waals surface area contributed by atoms with Gasteiger partial charge in [0.1, 0.15) is 17.5 Å². The third-order valence-corrected chi connectivity index (χ3v) is 11.3. The summed E-state index contributed by atoms with van der Waals surface area (Å²) in [6.45, 7) is 0.494. The van der Waals surface area contributed by atoms with Crippen LogP contribution in [0.15, 0.2) is 105 Å². The van der Waals surface area contributed by atoms with Crippen LogP contribution in [0.3, 0.4) is 0 Å². The van der Waals surface area contributed by atoms with Gasteiger partial charge in [0.15, 0.2) is 4.34 Å². The number of esters is 1. The third kappa shape index (κ3) is 7.78. The first kappa shape index (κ1) is 34.1. The molecule has 4 aromatic carbocycles. The minimum absolute atomic E-state index is 0.00325. The molecule has 0 saturated heterocycles. The maximum absolute atomic E-state index is 13.4. The second kappa shape index (κ2) is 14.8. The van der Waals surface area contributed by atoms with Crippen molar-refractivity contribution in [3.05, 3.63) is 108 Å². The Labute approximate surface area is 291 Å². The highest BCUT2D eigenvalue weighted by molar-refractivity contribution is 8.01. The Morgan fingerprint density at radius 1 is 0.918 bits per heavy atom. The van der Waals surface area contributed by atoms with Gasteiger partial charge < -0.3 is 14.2 Å². The molecule has 1 N–H and O–H groups in total. The maximum atomic E-state index is 13.4. The number of fused-ring (bicyclic) bond motifs is 2. The molecule has 2 amide bonds. The van der Waals surface area contributed by atoms with Crippen LogP contribution >= 0.6 is 23.1 Å². The lowest BCUT2D eigenvalue weighted by atomic mass is 10.1. The molecule has 49 heavy (non-hydrogen) atoms. The van der Waals surface area contributed by atoms with E-state index in [4.69, 9.17) is 14.2 Å². The number of amides is 2. The van der Waals surface area contributed by atoms with Crippen molar-refractivity contribution < 1.29 is 37.0 Å². The molecule has 1 atom stereocenters. The van der Waals surface area contributed by atoms with Crippen molar-refractivity contribution in [2.45, 2.75) is 33.0 Å². The van der Waals surface area contributed by atoms with Gasteiger partial charge in [0.25, 0.3) is 11.8 Å². The smallest absolute Gasteiger partial charge is 0.324 e. The van der Waals surface area contributed by atoms with E-state index in [1.165, 1.54) is 41.2 Å². The number of benzene rings is 4. The fourth-order valence-corrected chi connectivity index (χ4v) is 8.59. The van der Waals surface area contributed by atoms with E-state index in [-0.39, 0.29) is 36.3 Å². The molecular weight excluding hydrogens is 687 g/mol. The van der Waals surface area contributed by atoms with Gasteiger partial charge in [0.05, 0.1) is 47.1 Å². The Balaban J connectivity index is 1.05. The quantitative estimate of drug-likeness (QED) is 0.0879. The number of nitrogens with one attached hydrogen (secondary N) is 1. The molecule has 0 radical (unpaired) electrons. The predicted molar refractivity (Wildman–Crippen MR) is 185 cm³/mol. The summed E-state index contributed by atoms with van der Waals surface area (Å²) in [5.41, 5.74) is 2.16. The van der Waals surface area contributed by atoms with Gasteiger partial charge >= 0.3 is 5.97 Å². The summed E-state index contributed by atoms with van der Waals surface area (Å²) in [5, 5.41) is 0. The summed E-state index contributed by atoms with van der Waals surface area (Å²) < 4.78 is 46.7. The van der Waals surface area contributed by atoms with Crippen LogP contribution in [-0.4, -0.2) is 69.5 Å². The molecule has 0 bridgehead atoms. The molecular formula is C35H31N3O8S3. The van der Waals surface area contributed by atoms with Crippen LogP contribution in [0, 0.1) is 0 Å². The minimum Gasteiger partial charge on any atom is -0.497 e. The van der Waals surface area contributed by atoms with E-state index in [2.05, 4.69) is 9.71 Å². The summed E-state index contributed by atoms with van der Waals surface area (Å²) in [6.07, 6.45) is 0.479. The van der Waals surface area contributed by atoms with E-state index in [1.54, 1.807) is 67.8 Å². The van der Waals surface area contributed by atoms with Crippen molar-refractivity contribution in [3.63, 3.8) is 0 Å². The number of sulfonamides is 1. The number of carbonyl (C=O) groups excluding carboxylic acids is 3. The fourth-order valence-electron chi connectivity index (χ4n) is 5.22. The van der Waals surface area contributed by atoms with Gasteiger partial charge in [-0.05, 0) is 85.1 Å². The average Bonchev–Trinajstić information content (AvgIpc) is 3.63. The van der Waals surface area contributed by atoms with Gasteiger partial charge in [-0.1, -0.05) is 36.0 Å². The lowest BCUT2D eigenvalue weighted by Gasteiger charge is -2.17. The van der Waals surface area contributed by atoms with Crippen molar-refractivity contribution in [2.24, 2.45) is 0 Å². The zero-order valence-electron chi connectivity index (χ0n) is 26.5. The lowest BCUT2D eigenvalue weighted by Crippen LogP contribution is -2.42. The van der Waals surface area contributed by atoms with Crippen LogP contribution in [-0.2, 0) is 26.0 Å². The van der Waals surface area contributed by atoms with Crippen molar-refractivity contribution in [1.82, 2.24) is 14.6 Å². The highest BCUT2D eigenvalue weighted by Gasteiger charge is 2.34. The lowest BCUT2D eigenvalue weighted by molar-refractivity contribution is -0.142. The molecule has 0 spiro atoms. The number of rotatable bonds is 14. The van der Waals surface area contributed by atoms with E-state index in [0.717, 1.165) is 15.0 Å². The third-order valence-electron chi connectivity index (χ3n) is 7.73. The number of aromatic nitrogens is 1. The summed E-state index contributed by atoms with van der Waals surface area (Å²) in [6, 6.07) is 24.7. The van der Waals surface area contributed by atoms with Gasteiger partial charge in [-0.25, -0.2) is 13.4 Å². The number of ether oxygens (including phenoxy) is 3. The summed E-state index contributed by atoms with van der Waals surface area (Å²) in [7, 11) is -1.30. The van der Waals surface area contributed by atoms with Crippen molar-refractivity contribution in [1.29, 1.82) is 0 Å². The van der Waals surface area contributed by atoms with E-state index >= 15 is 0 Å². The van der Waals surface area contributed by atoms with E-state index in [1.807, 2.05) is 24.3 Å². The van der Waals surface area contributed by atoms with Crippen molar-refractivity contribution in [3.8, 4) is 11.5 Å². The fraction of sp³-hybridized carbons (Fsp3) is 0.200. The number of imide groups is 1. The second-order valence-electron chi connectivity index (χ2n) is 10.9. The molecule has 0 fully saturated rings. The van der Waals surface area contributed by atoms with Crippen molar-refractivity contribution in [2.75, 3.05) is 27.4 Å². The van der Waals surface area contributed by atoms with Crippen LogP contribution in [0.4, 0.5) is 0 Å². The van der Waals surface area contributed by atoms with Crippen LogP contribution in [0.1, 0.15) is 32.7 Å². The molecule has 1 aromatic heterocycles. The van der Waals surface area contributed by atoms with Gasteiger partial charge in [0, 0.05) is 11.4 Å². The Hall–Kier alpha value is -4.76. The SMILES string of the molecule is COC(=O)[C@@H](Cc1ccc(OCCCN2C(=O)c3ccccc3C2=O)cc1)NS(=O)(=O)c1ccc2nc(Sc3ccc(OC)cc3)sc2c1. The maximum Gasteiger partial charge on any atom is 0.324 e. The molecule has 2 heterocycles. The first-order valence-electron chi connectivity index (χ1n) is 15.1. The highest BCUT2D eigenvalue weighted by Crippen LogP contribution is 2.36. The summed E-state index contributed by atoms with van der Waals surface area (Å²) >= 11 is 2.83. The minimum atomic E-state index is -4.11. The molecule has 252 valence electrons. The number of nitrogens with zero attached hydrogens (tertiary/aromatic N) is 2. The molecule has 6 rings (SSSR count). The van der Waals surface area contributed by atoms with Gasteiger partial charge in [0.2, 0.25) is 10.0 Å². The number of hydrogen-bond acceptors (Lipinski definition) is 11. The molecule has 1 aliphatic heterocycles. The average molecular weight is 718 g/mol. The van der Waals surface area contributed by atoms with Crippen molar-refractivity contribution >= 4 is 61.1 Å². The first-order chi connectivity index (χ1) is 23.6. The topological polar surface area (TPSA) is 141 Å². The Morgan fingerprint density at radius 3 is 2.24 bits per heavy atom. The van der Waals surface area contributed by atoms with Crippen LogP contribution in [0.5, 0.6) is 11.5 Å². The Bertz CT molecular complexity index is 2080. The monoisotopic (exact) mass is 717 g/mol. The molecule has 14 heteroatoms.